The monoisotopic (exact) mass is 397 g/mol. The van der Waals surface area contributed by atoms with E-state index >= 15 is 0 Å². The molecule has 7 nitrogen and oxygen atoms in total. The van der Waals surface area contributed by atoms with Crippen molar-refractivity contribution < 1.29 is 19.1 Å². The Morgan fingerprint density at radius 2 is 1.72 bits per heavy atom. The van der Waals surface area contributed by atoms with Crippen LogP contribution in [0.5, 0.6) is 11.5 Å². The maximum Gasteiger partial charge on any atom is 0.251 e. The Morgan fingerprint density at radius 1 is 1.03 bits per heavy atom. The van der Waals surface area contributed by atoms with Crippen molar-refractivity contribution in [3.05, 3.63) is 59.7 Å². The van der Waals surface area contributed by atoms with Gasteiger partial charge in [-0.1, -0.05) is 13.3 Å². The van der Waals surface area contributed by atoms with E-state index in [0.717, 1.165) is 24.2 Å². The highest BCUT2D eigenvalue weighted by molar-refractivity contribution is 5.94. The summed E-state index contributed by atoms with van der Waals surface area (Å²) in [7, 11) is 1.56. The molecule has 2 aromatic rings. The first-order chi connectivity index (χ1) is 14.1. The summed E-state index contributed by atoms with van der Waals surface area (Å²) in [5, 5.41) is 6.63. The smallest absolute Gasteiger partial charge is 0.251 e. The van der Waals surface area contributed by atoms with E-state index in [4.69, 9.17) is 9.47 Å². The van der Waals surface area contributed by atoms with Gasteiger partial charge in [-0.25, -0.2) is 5.43 Å². The number of carbonyl (C=O) groups excluding carboxylic acids is 2. The first-order valence-electron chi connectivity index (χ1n) is 9.59. The lowest BCUT2D eigenvalue weighted by Gasteiger charge is -2.06. The van der Waals surface area contributed by atoms with Crippen LogP contribution in [0, 0.1) is 0 Å². The number of hydrogen-bond donors (Lipinski definition) is 2. The Hall–Kier alpha value is -3.35. The lowest BCUT2D eigenvalue weighted by Crippen LogP contribution is -2.29. The maximum absolute atomic E-state index is 12.0. The van der Waals surface area contributed by atoms with Gasteiger partial charge >= 0.3 is 0 Å². The van der Waals surface area contributed by atoms with Gasteiger partial charge in [0.25, 0.3) is 5.91 Å². The molecule has 7 heteroatoms. The van der Waals surface area contributed by atoms with E-state index in [2.05, 4.69) is 22.8 Å². The number of ether oxygens (including phenoxy) is 2. The Balaban J connectivity index is 1.67. The quantitative estimate of drug-likeness (QED) is 0.346. The summed E-state index contributed by atoms with van der Waals surface area (Å²) in [5.41, 5.74) is 3.80. The molecule has 2 aromatic carbocycles. The van der Waals surface area contributed by atoms with Crippen molar-refractivity contribution in [2.24, 2.45) is 5.10 Å². The second-order valence-electron chi connectivity index (χ2n) is 6.30. The normalized spacial score (nSPS) is 10.6. The molecular formula is C22H27N3O4. The van der Waals surface area contributed by atoms with Gasteiger partial charge in [0.05, 0.1) is 19.9 Å². The number of unbranched alkanes of at least 4 members (excludes halogenated alkanes) is 1. The van der Waals surface area contributed by atoms with E-state index < -0.39 is 0 Å². The average Bonchev–Trinajstić information content (AvgIpc) is 2.75. The fraction of sp³-hybridized carbons (Fsp3) is 0.318. The van der Waals surface area contributed by atoms with Crippen LogP contribution in [0.1, 0.15) is 42.1 Å². The van der Waals surface area contributed by atoms with E-state index in [0.29, 0.717) is 17.9 Å². The van der Waals surface area contributed by atoms with Crippen LogP contribution < -0.4 is 20.2 Å². The molecule has 154 valence electrons. The van der Waals surface area contributed by atoms with Gasteiger partial charge < -0.3 is 14.8 Å². The predicted molar refractivity (Wildman–Crippen MR) is 113 cm³/mol. The molecule has 0 fully saturated rings. The molecule has 29 heavy (non-hydrogen) atoms. The molecule has 2 rings (SSSR count). The van der Waals surface area contributed by atoms with Crippen molar-refractivity contribution >= 4 is 18.0 Å². The Bertz CT molecular complexity index is 802. The van der Waals surface area contributed by atoms with Gasteiger partial charge in [-0.2, -0.15) is 5.10 Å². The number of nitrogens with one attached hydrogen (secondary N) is 2. The molecular weight excluding hydrogens is 370 g/mol. The number of hydrazone groups is 1. The van der Waals surface area contributed by atoms with Crippen LogP contribution in [0.2, 0.25) is 0 Å². The highest BCUT2D eigenvalue weighted by atomic mass is 16.5. The summed E-state index contributed by atoms with van der Waals surface area (Å²) in [6.45, 7) is 3.04. The summed E-state index contributed by atoms with van der Waals surface area (Å²) < 4.78 is 10.6. The second-order valence-corrected chi connectivity index (χ2v) is 6.30. The van der Waals surface area contributed by atoms with Crippen molar-refractivity contribution in [2.45, 2.75) is 26.2 Å². The minimum atomic E-state index is -0.282. The van der Waals surface area contributed by atoms with Crippen molar-refractivity contribution in [3.8, 4) is 11.5 Å². The second kappa shape index (κ2) is 12.2. The summed E-state index contributed by atoms with van der Waals surface area (Å²) in [6.07, 6.45) is 3.80. The third-order valence-corrected chi connectivity index (χ3v) is 4.04. The topological polar surface area (TPSA) is 89.0 Å². The fourth-order valence-electron chi connectivity index (χ4n) is 2.35. The summed E-state index contributed by atoms with van der Waals surface area (Å²) >= 11 is 0. The van der Waals surface area contributed by atoms with Crippen LogP contribution in [0.4, 0.5) is 0 Å². The van der Waals surface area contributed by atoms with Crippen molar-refractivity contribution in [3.63, 3.8) is 0 Å². The third-order valence-electron chi connectivity index (χ3n) is 4.04. The zero-order valence-corrected chi connectivity index (χ0v) is 16.8. The van der Waals surface area contributed by atoms with Gasteiger partial charge in [0.1, 0.15) is 11.5 Å². The minimum Gasteiger partial charge on any atom is -0.497 e. The van der Waals surface area contributed by atoms with Crippen LogP contribution in [0.15, 0.2) is 53.6 Å². The summed E-state index contributed by atoms with van der Waals surface area (Å²) in [6, 6.07) is 14.2. The average molecular weight is 397 g/mol. The summed E-state index contributed by atoms with van der Waals surface area (Å²) in [5.74, 6) is 0.964. The predicted octanol–water partition coefficient (Wildman–Crippen LogP) is 3.14. The van der Waals surface area contributed by atoms with Crippen molar-refractivity contribution in [1.29, 1.82) is 0 Å². The Morgan fingerprint density at radius 3 is 2.38 bits per heavy atom. The third kappa shape index (κ3) is 8.04. The number of benzene rings is 2. The van der Waals surface area contributed by atoms with Gasteiger partial charge in [0.2, 0.25) is 5.91 Å². The molecule has 0 bridgehead atoms. The number of nitrogens with zero attached hydrogens (tertiary/aromatic N) is 1. The number of hydrogen-bond acceptors (Lipinski definition) is 5. The maximum atomic E-state index is 12.0. The first kappa shape index (κ1) is 21.9. The number of amides is 2. The van der Waals surface area contributed by atoms with Crippen LogP contribution in [0.3, 0.4) is 0 Å². The zero-order chi connectivity index (χ0) is 20.9. The number of carbonyl (C=O) groups is 2. The molecule has 2 amide bonds. The van der Waals surface area contributed by atoms with Crippen molar-refractivity contribution in [2.75, 3.05) is 20.3 Å². The molecule has 0 aromatic heterocycles. The highest BCUT2D eigenvalue weighted by Gasteiger charge is 2.06. The molecule has 0 unspecified atom stereocenters. The molecule has 0 saturated carbocycles. The van der Waals surface area contributed by atoms with Gasteiger partial charge in [-0.05, 0) is 60.5 Å². The molecule has 0 radical (unpaired) electrons. The van der Waals surface area contributed by atoms with Gasteiger partial charge in [-0.3, -0.25) is 9.59 Å². The number of methoxy groups -OCH3 is 1. The van der Waals surface area contributed by atoms with Crippen LogP contribution in [-0.2, 0) is 4.79 Å². The van der Waals surface area contributed by atoms with Crippen LogP contribution in [-0.4, -0.2) is 38.3 Å². The lowest BCUT2D eigenvalue weighted by molar-refractivity contribution is -0.120. The van der Waals surface area contributed by atoms with Crippen LogP contribution in [0.25, 0.3) is 0 Å². The molecule has 0 aliphatic heterocycles. The van der Waals surface area contributed by atoms with E-state index in [-0.39, 0.29) is 24.8 Å². The molecule has 0 aliphatic carbocycles. The largest absolute Gasteiger partial charge is 0.497 e. The standard InChI is InChI=1S/C22H27N3O4/c1-3-4-15-29-20-9-5-17(6-10-20)16-24-25-21(26)13-14-23-22(27)18-7-11-19(28-2)12-8-18/h5-12,16H,3-4,13-15H2,1-2H3,(H,23,27)(H,25,26). The molecule has 2 N–H and O–H groups in total. The lowest BCUT2D eigenvalue weighted by atomic mass is 10.2. The molecule has 0 aliphatic rings. The van der Waals surface area contributed by atoms with Gasteiger partial charge in [0.15, 0.2) is 0 Å². The van der Waals surface area contributed by atoms with E-state index in [1.165, 1.54) is 0 Å². The minimum absolute atomic E-state index is 0.128. The molecule has 0 saturated heterocycles. The zero-order valence-electron chi connectivity index (χ0n) is 16.8. The van der Waals surface area contributed by atoms with Gasteiger partial charge in [0, 0.05) is 18.5 Å². The Kier molecular flexibility index (Phi) is 9.21. The molecule has 0 atom stereocenters. The molecule has 0 spiro atoms. The Labute approximate surface area is 171 Å². The SMILES string of the molecule is CCCCOc1ccc(C=NNC(=O)CCNC(=O)c2ccc(OC)cc2)cc1. The summed E-state index contributed by atoms with van der Waals surface area (Å²) in [4.78, 5) is 23.8. The molecule has 0 heterocycles. The van der Waals surface area contributed by atoms with Gasteiger partial charge in [-0.15, -0.1) is 0 Å². The van der Waals surface area contributed by atoms with E-state index in [1.807, 2.05) is 24.3 Å². The first-order valence-corrected chi connectivity index (χ1v) is 9.59. The van der Waals surface area contributed by atoms with E-state index in [9.17, 15) is 9.59 Å². The highest BCUT2D eigenvalue weighted by Crippen LogP contribution is 2.12. The van der Waals surface area contributed by atoms with Crippen molar-refractivity contribution in [1.82, 2.24) is 10.7 Å². The number of rotatable bonds is 11. The van der Waals surface area contributed by atoms with E-state index in [1.54, 1.807) is 37.6 Å². The fourth-order valence-corrected chi connectivity index (χ4v) is 2.35. The van der Waals surface area contributed by atoms with Crippen LogP contribution >= 0.6 is 0 Å².